The van der Waals surface area contributed by atoms with E-state index in [2.05, 4.69) is 6.92 Å². The summed E-state index contributed by atoms with van der Waals surface area (Å²) in [6.07, 6.45) is 2.48. The molecule has 3 rings (SSSR count). The Morgan fingerprint density at radius 3 is 2.30 bits per heavy atom. The Bertz CT molecular complexity index is 941. The molecule has 27 heavy (non-hydrogen) atoms. The molecule has 1 amide bonds. The first-order valence-corrected chi connectivity index (χ1v) is 8.66. The van der Waals surface area contributed by atoms with Gasteiger partial charge in [-0.1, -0.05) is 31.2 Å². The third-order valence-electron chi connectivity index (χ3n) is 4.57. The third-order valence-corrected chi connectivity index (χ3v) is 4.57. The van der Waals surface area contributed by atoms with Gasteiger partial charge in [0, 0.05) is 11.4 Å². The van der Waals surface area contributed by atoms with E-state index in [9.17, 15) is 14.0 Å². The van der Waals surface area contributed by atoms with Crippen LogP contribution >= 0.6 is 0 Å². The highest BCUT2D eigenvalue weighted by Gasteiger charge is 2.37. The molecule has 2 aromatic rings. The molecule has 0 aromatic heterocycles. The van der Waals surface area contributed by atoms with Crippen LogP contribution in [0.5, 0.6) is 0 Å². The van der Waals surface area contributed by atoms with E-state index < -0.39 is 5.97 Å². The van der Waals surface area contributed by atoms with Gasteiger partial charge in [0.2, 0.25) is 0 Å². The second-order valence-electron chi connectivity index (χ2n) is 6.22. The topological polar surface area (TPSA) is 46.6 Å². The van der Waals surface area contributed by atoms with Gasteiger partial charge in [0.25, 0.3) is 5.91 Å². The van der Waals surface area contributed by atoms with Crippen molar-refractivity contribution in [2.24, 2.45) is 0 Å². The summed E-state index contributed by atoms with van der Waals surface area (Å²) in [6.45, 7) is 3.77. The molecule has 1 aliphatic rings. The zero-order chi connectivity index (χ0) is 19.6. The van der Waals surface area contributed by atoms with Crippen molar-refractivity contribution in [2.45, 2.75) is 20.3 Å². The summed E-state index contributed by atoms with van der Waals surface area (Å²) >= 11 is 0. The summed E-state index contributed by atoms with van der Waals surface area (Å²) in [5, 5.41) is 0. The number of ether oxygens (including phenoxy) is 1. The Morgan fingerprint density at radius 2 is 1.74 bits per heavy atom. The Morgan fingerprint density at radius 1 is 1.11 bits per heavy atom. The van der Waals surface area contributed by atoms with Gasteiger partial charge in [0.15, 0.2) is 0 Å². The number of halogens is 1. The van der Waals surface area contributed by atoms with Crippen LogP contribution in [0.1, 0.15) is 25.0 Å². The first-order chi connectivity index (χ1) is 13.0. The van der Waals surface area contributed by atoms with Gasteiger partial charge in [0.05, 0.1) is 18.3 Å². The standard InChI is InChI=1S/C22H20FNO3/c1-4-15-7-11-18(12-8-15)24-14(2)20(22(26)27-3)19(21(24)25)13-16-5-9-17(23)10-6-16/h5-13H,4H2,1-3H3/b19-13-. The summed E-state index contributed by atoms with van der Waals surface area (Å²) in [4.78, 5) is 27.0. The average molecular weight is 365 g/mol. The number of esters is 1. The van der Waals surface area contributed by atoms with Gasteiger partial charge in [-0.2, -0.15) is 0 Å². The molecule has 0 saturated carbocycles. The van der Waals surface area contributed by atoms with Gasteiger partial charge in [0.1, 0.15) is 5.82 Å². The number of hydrogen-bond acceptors (Lipinski definition) is 3. The largest absolute Gasteiger partial charge is 0.465 e. The van der Waals surface area contributed by atoms with E-state index >= 15 is 0 Å². The number of allylic oxidation sites excluding steroid dienone is 1. The zero-order valence-corrected chi connectivity index (χ0v) is 15.5. The molecular formula is C22H20FNO3. The van der Waals surface area contributed by atoms with E-state index in [4.69, 9.17) is 4.74 Å². The number of carbonyl (C=O) groups excluding carboxylic acids is 2. The number of anilines is 1. The predicted molar refractivity (Wildman–Crippen MR) is 102 cm³/mol. The molecule has 4 nitrogen and oxygen atoms in total. The molecule has 0 atom stereocenters. The third kappa shape index (κ3) is 3.53. The molecule has 0 radical (unpaired) electrons. The highest BCUT2D eigenvalue weighted by molar-refractivity contribution is 6.23. The van der Waals surface area contributed by atoms with Crippen LogP contribution in [-0.4, -0.2) is 19.0 Å². The molecule has 0 N–H and O–H groups in total. The van der Waals surface area contributed by atoms with Crippen molar-refractivity contribution in [1.82, 2.24) is 0 Å². The monoisotopic (exact) mass is 365 g/mol. The van der Waals surface area contributed by atoms with E-state index in [1.54, 1.807) is 25.1 Å². The lowest BCUT2D eigenvalue weighted by Gasteiger charge is -2.18. The number of benzene rings is 2. The van der Waals surface area contributed by atoms with E-state index in [0.717, 1.165) is 12.0 Å². The number of methoxy groups -OCH3 is 1. The molecule has 138 valence electrons. The molecule has 5 heteroatoms. The number of hydrogen-bond donors (Lipinski definition) is 0. The molecule has 0 fully saturated rings. The van der Waals surface area contributed by atoms with Crippen molar-refractivity contribution in [1.29, 1.82) is 0 Å². The zero-order valence-electron chi connectivity index (χ0n) is 15.5. The van der Waals surface area contributed by atoms with Crippen molar-refractivity contribution < 1.29 is 18.7 Å². The van der Waals surface area contributed by atoms with Crippen LogP contribution in [0.15, 0.2) is 65.4 Å². The van der Waals surface area contributed by atoms with Crippen molar-refractivity contribution in [2.75, 3.05) is 12.0 Å². The summed E-state index contributed by atoms with van der Waals surface area (Å²) in [5.74, 6) is -1.27. The fourth-order valence-corrected chi connectivity index (χ4v) is 3.10. The molecular weight excluding hydrogens is 345 g/mol. The maximum atomic E-state index is 13.2. The molecule has 1 aliphatic heterocycles. The minimum absolute atomic E-state index is 0.214. The van der Waals surface area contributed by atoms with Gasteiger partial charge >= 0.3 is 5.97 Å². The van der Waals surface area contributed by atoms with Crippen LogP contribution in [0.25, 0.3) is 6.08 Å². The molecule has 0 spiro atoms. The fourth-order valence-electron chi connectivity index (χ4n) is 3.10. The summed E-state index contributed by atoms with van der Waals surface area (Å²) in [7, 11) is 1.28. The second-order valence-corrected chi connectivity index (χ2v) is 6.22. The van der Waals surface area contributed by atoms with Crippen LogP contribution < -0.4 is 4.90 Å². The molecule has 0 bridgehead atoms. The number of aryl methyl sites for hydroxylation is 1. The fraction of sp³-hybridized carbons (Fsp3) is 0.182. The van der Waals surface area contributed by atoms with E-state index in [1.807, 2.05) is 24.3 Å². The minimum atomic E-state index is -0.582. The molecule has 0 aliphatic carbocycles. The van der Waals surface area contributed by atoms with E-state index in [1.165, 1.54) is 24.1 Å². The van der Waals surface area contributed by atoms with Gasteiger partial charge in [-0.25, -0.2) is 9.18 Å². The summed E-state index contributed by atoms with van der Waals surface area (Å²) in [5.41, 5.74) is 3.40. The van der Waals surface area contributed by atoms with Crippen LogP contribution in [0.4, 0.5) is 10.1 Å². The molecule has 2 aromatic carbocycles. The smallest absolute Gasteiger partial charge is 0.340 e. The Balaban J connectivity index is 2.09. The number of rotatable bonds is 4. The predicted octanol–water partition coefficient (Wildman–Crippen LogP) is 4.27. The van der Waals surface area contributed by atoms with Gasteiger partial charge in [-0.05, 0) is 54.8 Å². The number of nitrogens with zero attached hydrogens (tertiary/aromatic N) is 1. The SMILES string of the molecule is CCc1ccc(N2C(=O)/C(=C\c3ccc(F)cc3)C(C(=O)OC)=C2C)cc1. The number of carbonyl (C=O) groups is 2. The minimum Gasteiger partial charge on any atom is -0.465 e. The highest BCUT2D eigenvalue weighted by Crippen LogP contribution is 2.35. The Kier molecular flexibility index (Phi) is 5.21. The maximum absolute atomic E-state index is 13.2. The normalized spacial score (nSPS) is 15.6. The molecule has 0 unspecified atom stereocenters. The molecule has 1 heterocycles. The average Bonchev–Trinajstić information content (AvgIpc) is 2.93. The Hall–Kier alpha value is -3.21. The first-order valence-electron chi connectivity index (χ1n) is 8.66. The van der Waals surface area contributed by atoms with Crippen LogP contribution in [0.3, 0.4) is 0 Å². The van der Waals surface area contributed by atoms with Crippen LogP contribution in [0.2, 0.25) is 0 Å². The van der Waals surface area contributed by atoms with Crippen LogP contribution in [0, 0.1) is 5.82 Å². The Labute approximate surface area is 157 Å². The number of amides is 1. The van der Waals surface area contributed by atoms with E-state index in [0.29, 0.717) is 16.9 Å². The van der Waals surface area contributed by atoms with Crippen molar-refractivity contribution in [3.05, 3.63) is 82.3 Å². The second kappa shape index (κ2) is 7.58. The lowest BCUT2D eigenvalue weighted by Crippen LogP contribution is -2.24. The summed E-state index contributed by atoms with van der Waals surface area (Å²) in [6, 6.07) is 13.3. The van der Waals surface area contributed by atoms with Crippen molar-refractivity contribution in [3.63, 3.8) is 0 Å². The van der Waals surface area contributed by atoms with Gasteiger partial charge in [-0.3, -0.25) is 9.69 Å². The van der Waals surface area contributed by atoms with Gasteiger partial charge < -0.3 is 4.74 Å². The molecule has 0 saturated heterocycles. The lowest BCUT2D eigenvalue weighted by molar-refractivity contribution is -0.136. The first kappa shape index (κ1) is 18.6. The van der Waals surface area contributed by atoms with Crippen molar-refractivity contribution in [3.8, 4) is 0 Å². The highest BCUT2D eigenvalue weighted by atomic mass is 19.1. The maximum Gasteiger partial charge on any atom is 0.340 e. The summed E-state index contributed by atoms with van der Waals surface area (Å²) < 4.78 is 18.0. The quantitative estimate of drug-likeness (QED) is 0.601. The lowest BCUT2D eigenvalue weighted by atomic mass is 10.0. The van der Waals surface area contributed by atoms with Crippen LogP contribution in [-0.2, 0) is 20.7 Å². The van der Waals surface area contributed by atoms with Crippen molar-refractivity contribution >= 4 is 23.6 Å². The van der Waals surface area contributed by atoms with Gasteiger partial charge in [-0.15, -0.1) is 0 Å². The van der Waals surface area contributed by atoms with E-state index in [-0.39, 0.29) is 22.9 Å².